The number of aliphatic imine (C=N–C) groups is 2. The van der Waals surface area contributed by atoms with Gasteiger partial charge in [-0.3, -0.25) is 0 Å². The minimum atomic E-state index is 0.256. The third-order valence-electron chi connectivity index (χ3n) is 5.99. The van der Waals surface area contributed by atoms with E-state index in [0.717, 1.165) is 56.3 Å². The van der Waals surface area contributed by atoms with E-state index in [0.29, 0.717) is 5.82 Å². The molecular weight excluding hydrogens is 372 g/mol. The Bertz CT molecular complexity index is 679. The molecule has 0 aliphatic carbocycles. The zero-order valence-corrected chi connectivity index (χ0v) is 20.4. The first-order chi connectivity index (χ1) is 14.3. The zero-order chi connectivity index (χ0) is 22.5. The molecule has 1 aliphatic heterocycles. The molecular formula is C25H44N4O. The molecule has 1 rings (SSSR count). The summed E-state index contributed by atoms with van der Waals surface area (Å²) in [6.07, 6.45) is 9.70. The summed E-state index contributed by atoms with van der Waals surface area (Å²) in [6, 6.07) is 0. The maximum atomic E-state index is 6.12. The molecule has 1 aliphatic rings. The Balaban J connectivity index is 3.16. The van der Waals surface area contributed by atoms with Crippen molar-refractivity contribution >= 4 is 12.1 Å². The van der Waals surface area contributed by atoms with Crippen molar-refractivity contribution in [2.75, 3.05) is 26.3 Å². The Hall–Kier alpha value is -1.88. The van der Waals surface area contributed by atoms with Crippen molar-refractivity contribution in [3.63, 3.8) is 0 Å². The predicted octanol–water partition coefficient (Wildman–Crippen LogP) is 5.84. The number of unbranched alkanes of at least 4 members (excludes halogenated alkanes) is 2. The smallest absolute Gasteiger partial charge is 0.122 e. The van der Waals surface area contributed by atoms with Gasteiger partial charge in [0.15, 0.2) is 0 Å². The molecule has 0 aromatic carbocycles. The molecule has 5 heteroatoms. The molecule has 1 saturated heterocycles. The minimum absolute atomic E-state index is 0.256. The first-order valence-corrected chi connectivity index (χ1v) is 11.6. The van der Waals surface area contributed by atoms with E-state index in [1.807, 2.05) is 13.1 Å². The number of hydrogen-bond donors (Lipinski definition) is 1. The van der Waals surface area contributed by atoms with Crippen LogP contribution in [0, 0.1) is 5.92 Å². The number of ether oxygens (including phenoxy) is 1. The SMILES string of the molecule is C\C=C(/C=N\C(N)=C(/C)CC)C(C)/C(CCCCC)=C(C)\N=C(/C)N1CCOCC1. The van der Waals surface area contributed by atoms with Gasteiger partial charge in [0, 0.05) is 30.9 Å². The molecule has 0 amide bonds. The van der Waals surface area contributed by atoms with Gasteiger partial charge in [-0.25, -0.2) is 9.98 Å². The molecule has 30 heavy (non-hydrogen) atoms. The number of rotatable bonds is 10. The molecule has 0 aromatic rings. The minimum Gasteiger partial charge on any atom is -0.384 e. The lowest BCUT2D eigenvalue weighted by atomic mass is 9.88. The van der Waals surface area contributed by atoms with Crippen LogP contribution < -0.4 is 5.73 Å². The molecule has 0 aromatic heterocycles. The van der Waals surface area contributed by atoms with Gasteiger partial charge in [-0.05, 0) is 63.7 Å². The van der Waals surface area contributed by atoms with E-state index in [2.05, 4.69) is 57.5 Å². The Morgan fingerprint density at radius 1 is 1.13 bits per heavy atom. The normalized spacial score (nSPS) is 19.1. The van der Waals surface area contributed by atoms with Crippen molar-refractivity contribution in [1.82, 2.24) is 4.90 Å². The second-order valence-electron chi connectivity index (χ2n) is 8.11. The topological polar surface area (TPSA) is 63.2 Å². The van der Waals surface area contributed by atoms with Gasteiger partial charge in [-0.2, -0.15) is 0 Å². The Kier molecular flexibility index (Phi) is 12.4. The molecule has 0 saturated carbocycles. The third-order valence-corrected chi connectivity index (χ3v) is 5.99. The molecule has 1 unspecified atom stereocenters. The fourth-order valence-corrected chi connectivity index (χ4v) is 3.62. The average molecular weight is 417 g/mol. The van der Waals surface area contributed by atoms with Crippen LogP contribution >= 0.6 is 0 Å². The first kappa shape index (κ1) is 26.2. The van der Waals surface area contributed by atoms with Crippen molar-refractivity contribution in [1.29, 1.82) is 0 Å². The van der Waals surface area contributed by atoms with Crippen LogP contribution in [-0.2, 0) is 4.74 Å². The second-order valence-corrected chi connectivity index (χ2v) is 8.11. The van der Waals surface area contributed by atoms with Crippen molar-refractivity contribution in [2.24, 2.45) is 21.6 Å². The van der Waals surface area contributed by atoms with Gasteiger partial charge in [0.25, 0.3) is 0 Å². The largest absolute Gasteiger partial charge is 0.384 e. The fraction of sp³-hybridized carbons (Fsp3) is 0.680. The van der Waals surface area contributed by atoms with Crippen LogP contribution in [0.25, 0.3) is 0 Å². The number of morpholine rings is 1. The van der Waals surface area contributed by atoms with E-state index in [1.165, 1.54) is 30.4 Å². The number of hydrogen-bond acceptors (Lipinski definition) is 4. The maximum Gasteiger partial charge on any atom is 0.122 e. The highest BCUT2D eigenvalue weighted by atomic mass is 16.5. The highest BCUT2D eigenvalue weighted by Crippen LogP contribution is 2.28. The van der Waals surface area contributed by atoms with Gasteiger partial charge in [-0.1, -0.05) is 39.7 Å². The lowest BCUT2D eigenvalue weighted by molar-refractivity contribution is 0.0678. The standard InChI is InChI=1S/C25H44N4O/c1-8-11-12-13-24(21(6)28-22(7)29-14-16-30-17-15-29)20(5)23(10-3)18-27-25(26)19(4)9-2/h10,18,20H,8-9,11-17,26H2,1-7H3/b23-10+,24-21-,25-19+,27-18-,28-22+. The van der Waals surface area contributed by atoms with Crippen LogP contribution in [0.2, 0.25) is 0 Å². The lowest BCUT2D eigenvalue weighted by Gasteiger charge is -2.28. The molecule has 170 valence electrons. The van der Waals surface area contributed by atoms with Crippen molar-refractivity contribution in [3.05, 3.63) is 34.3 Å². The van der Waals surface area contributed by atoms with E-state index in [-0.39, 0.29) is 5.92 Å². The Morgan fingerprint density at radius 3 is 2.37 bits per heavy atom. The molecule has 0 radical (unpaired) electrons. The molecule has 0 bridgehead atoms. The Labute approximate surface area is 184 Å². The molecule has 1 fully saturated rings. The summed E-state index contributed by atoms with van der Waals surface area (Å²) in [5, 5.41) is 0. The number of allylic oxidation sites excluding steroid dienone is 5. The van der Waals surface area contributed by atoms with Crippen LogP contribution in [0.15, 0.2) is 44.3 Å². The molecule has 1 heterocycles. The fourth-order valence-electron chi connectivity index (χ4n) is 3.62. The van der Waals surface area contributed by atoms with E-state index >= 15 is 0 Å². The molecule has 2 N–H and O–H groups in total. The van der Waals surface area contributed by atoms with E-state index in [9.17, 15) is 0 Å². The van der Waals surface area contributed by atoms with Gasteiger partial charge < -0.3 is 15.4 Å². The Morgan fingerprint density at radius 2 is 1.80 bits per heavy atom. The van der Waals surface area contributed by atoms with Gasteiger partial charge in [0.1, 0.15) is 11.7 Å². The summed E-state index contributed by atoms with van der Waals surface area (Å²) in [5.41, 5.74) is 10.9. The van der Waals surface area contributed by atoms with Gasteiger partial charge in [0.05, 0.1) is 13.2 Å². The maximum absolute atomic E-state index is 6.12. The van der Waals surface area contributed by atoms with E-state index in [4.69, 9.17) is 15.5 Å². The van der Waals surface area contributed by atoms with Crippen molar-refractivity contribution in [3.8, 4) is 0 Å². The van der Waals surface area contributed by atoms with Gasteiger partial charge in [-0.15, -0.1) is 0 Å². The van der Waals surface area contributed by atoms with Gasteiger partial charge in [0.2, 0.25) is 0 Å². The van der Waals surface area contributed by atoms with Crippen LogP contribution in [0.1, 0.15) is 80.6 Å². The summed E-state index contributed by atoms with van der Waals surface area (Å²) < 4.78 is 5.48. The van der Waals surface area contributed by atoms with Crippen LogP contribution in [-0.4, -0.2) is 43.3 Å². The van der Waals surface area contributed by atoms with E-state index in [1.54, 1.807) is 0 Å². The van der Waals surface area contributed by atoms with E-state index < -0.39 is 0 Å². The predicted molar refractivity (Wildman–Crippen MR) is 131 cm³/mol. The van der Waals surface area contributed by atoms with Crippen molar-refractivity contribution < 1.29 is 4.74 Å². The highest BCUT2D eigenvalue weighted by Gasteiger charge is 2.17. The second kappa shape index (κ2) is 14.2. The molecule has 5 nitrogen and oxygen atoms in total. The first-order valence-electron chi connectivity index (χ1n) is 11.6. The summed E-state index contributed by atoms with van der Waals surface area (Å²) in [4.78, 5) is 11.9. The van der Waals surface area contributed by atoms with Crippen molar-refractivity contribution in [2.45, 2.75) is 80.6 Å². The summed E-state index contributed by atoms with van der Waals surface area (Å²) in [5.74, 6) is 1.96. The number of amidine groups is 1. The highest BCUT2D eigenvalue weighted by molar-refractivity contribution is 5.82. The summed E-state index contributed by atoms with van der Waals surface area (Å²) in [7, 11) is 0. The van der Waals surface area contributed by atoms with Crippen LogP contribution in [0.4, 0.5) is 0 Å². The summed E-state index contributed by atoms with van der Waals surface area (Å²) in [6.45, 7) is 18.4. The zero-order valence-electron chi connectivity index (χ0n) is 20.4. The number of nitrogens with two attached hydrogens (primary N) is 1. The van der Waals surface area contributed by atoms with Crippen LogP contribution in [0.3, 0.4) is 0 Å². The number of nitrogens with zero attached hydrogens (tertiary/aromatic N) is 3. The third kappa shape index (κ3) is 8.47. The average Bonchev–Trinajstić information content (AvgIpc) is 2.76. The lowest BCUT2D eigenvalue weighted by Crippen LogP contribution is -2.39. The molecule has 1 atom stereocenters. The molecule has 0 spiro atoms. The van der Waals surface area contributed by atoms with Gasteiger partial charge >= 0.3 is 0 Å². The van der Waals surface area contributed by atoms with Crippen LogP contribution in [0.5, 0.6) is 0 Å². The quantitative estimate of drug-likeness (QED) is 0.276. The monoisotopic (exact) mass is 416 g/mol. The summed E-state index contributed by atoms with van der Waals surface area (Å²) >= 11 is 0.